The van der Waals surface area contributed by atoms with Crippen molar-refractivity contribution in [3.8, 4) is 5.75 Å². The van der Waals surface area contributed by atoms with Crippen molar-refractivity contribution in [1.82, 2.24) is 0 Å². The highest BCUT2D eigenvalue weighted by molar-refractivity contribution is 5.89. The van der Waals surface area contributed by atoms with E-state index < -0.39 is 0 Å². The Kier molecular flexibility index (Phi) is 4.87. The molecule has 1 amide bonds. The summed E-state index contributed by atoms with van der Waals surface area (Å²) in [4.78, 5) is 11.1. The van der Waals surface area contributed by atoms with Crippen molar-refractivity contribution in [2.24, 2.45) is 0 Å². The van der Waals surface area contributed by atoms with Crippen LogP contribution in [-0.4, -0.2) is 25.7 Å². The minimum absolute atomic E-state index is 0.0955. The molecule has 1 aromatic carbocycles. The molecule has 0 aliphatic carbocycles. The molecule has 2 N–H and O–H groups in total. The molecular weight excluding hydrogens is 256 g/mol. The standard InChI is InChI=1S/C15H20N2O3/c1-11(18)17-12-6-7-15(19-2)14(9-12)16-10-13-5-3-4-8-20-13/h4,6-9,13,16H,3,5,10H2,1-2H3,(H,17,18). The Hall–Kier alpha value is -2.17. The molecule has 1 heterocycles. The third-order valence-electron chi connectivity index (χ3n) is 3.06. The maximum absolute atomic E-state index is 11.1. The van der Waals surface area contributed by atoms with Crippen LogP contribution in [0.2, 0.25) is 0 Å². The molecule has 5 nitrogen and oxygen atoms in total. The van der Waals surface area contributed by atoms with Crippen LogP contribution in [0.25, 0.3) is 0 Å². The number of methoxy groups -OCH3 is 1. The van der Waals surface area contributed by atoms with Crippen molar-refractivity contribution in [3.05, 3.63) is 30.5 Å². The summed E-state index contributed by atoms with van der Waals surface area (Å²) >= 11 is 0. The van der Waals surface area contributed by atoms with Gasteiger partial charge in [-0.2, -0.15) is 0 Å². The highest BCUT2D eigenvalue weighted by Gasteiger charge is 2.12. The van der Waals surface area contributed by atoms with Gasteiger partial charge in [0, 0.05) is 12.6 Å². The van der Waals surface area contributed by atoms with Crippen molar-refractivity contribution >= 4 is 17.3 Å². The Morgan fingerprint density at radius 3 is 3.00 bits per heavy atom. The van der Waals surface area contributed by atoms with Gasteiger partial charge in [-0.1, -0.05) is 0 Å². The molecule has 1 aromatic rings. The fraction of sp³-hybridized carbons (Fsp3) is 0.400. The van der Waals surface area contributed by atoms with Crippen LogP contribution >= 0.6 is 0 Å². The molecule has 0 aromatic heterocycles. The van der Waals surface area contributed by atoms with Crippen LogP contribution < -0.4 is 15.4 Å². The monoisotopic (exact) mass is 276 g/mol. The van der Waals surface area contributed by atoms with E-state index in [2.05, 4.69) is 10.6 Å². The van der Waals surface area contributed by atoms with Crippen LogP contribution in [0.15, 0.2) is 30.5 Å². The highest BCUT2D eigenvalue weighted by atomic mass is 16.5. The van der Waals surface area contributed by atoms with E-state index in [1.165, 1.54) is 6.92 Å². The zero-order valence-corrected chi connectivity index (χ0v) is 11.8. The third kappa shape index (κ3) is 3.91. The van der Waals surface area contributed by atoms with Gasteiger partial charge in [0.25, 0.3) is 0 Å². The largest absolute Gasteiger partial charge is 0.497 e. The Bertz CT molecular complexity index is 500. The second-order valence-electron chi connectivity index (χ2n) is 4.68. The van der Waals surface area contributed by atoms with E-state index in [-0.39, 0.29) is 12.0 Å². The van der Waals surface area contributed by atoms with Crippen molar-refractivity contribution in [1.29, 1.82) is 0 Å². The molecule has 0 fully saturated rings. The van der Waals surface area contributed by atoms with Crippen LogP contribution in [0.5, 0.6) is 5.75 Å². The molecular formula is C15H20N2O3. The number of benzene rings is 1. The molecule has 1 atom stereocenters. The van der Waals surface area contributed by atoms with E-state index in [1.54, 1.807) is 13.4 Å². The summed E-state index contributed by atoms with van der Waals surface area (Å²) in [5.74, 6) is 0.646. The Labute approximate surface area is 119 Å². The number of carbonyl (C=O) groups is 1. The summed E-state index contributed by atoms with van der Waals surface area (Å²) in [5.41, 5.74) is 1.59. The molecule has 0 radical (unpaired) electrons. The summed E-state index contributed by atoms with van der Waals surface area (Å²) in [6, 6.07) is 5.50. The minimum Gasteiger partial charge on any atom is -0.497 e. The van der Waals surface area contributed by atoms with Crippen molar-refractivity contribution < 1.29 is 14.3 Å². The van der Waals surface area contributed by atoms with Crippen LogP contribution in [0.3, 0.4) is 0 Å². The first-order valence-electron chi connectivity index (χ1n) is 6.69. The number of allylic oxidation sites excluding steroid dienone is 1. The molecule has 2 rings (SSSR count). The molecule has 0 saturated carbocycles. The quantitative estimate of drug-likeness (QED) is 0.868. The van der Waals surface area contributed by atoms with E-state index in [1.807, 2.05) is 24.3 Å². The van der Waals surface area contributed by atoms with Crippen LogP contribution in [0.4, 0.5) is 11.4 Å². The maximum Gasteiger partial charge on any atom is 0.221 e. The number of amides is 1. The predicted molar refractivity (Wildman–Crippen MR) is 79.0 cm³/mol. The van der Waals surface area contributed by atoms with Gasteiger partial charge in [-0.15, -0.1) is 0 Å². The smallest absolute Gasteiger partial charge is 0.221 e. The van der Waals surface area contributed by atoms with E-state index in [4.69, 9.17) is 9.47 Å². The lowest BCUT2D eigenvalue weighted by molar-refractivity contribution is -0.114. The molecule has 5 heteroatoms. The molecule has 0 spiro atoms. The third-order valence-corrected chi connectivity index (χ3v) is 3.06. The Balaban J connectivity index is 2.03. The van der Waals surface area contributed by atoms with Gasteiger partial charge in [0.2, 0.25) is 5.91 Å². The first-order valence-corrected chi connectivity index (χ1v) is 6.69. The Morgan fingerprint density at radius 2 is 2.35 bits per heavy atom. The van der Waals surface area contributed by atoms with E-state index in [0.29, 0.717) is 6.54 Å². The van der Waals surface area contributed by atoms with Crippen LogP contribution in [-0.2, 0) is 9.53 Å². The van der Waals surface area contributed by atoms with Gasteiger partial charge in [0.05, 0.1) is 25.6 Å². The summed E-state index contributed by atoms with van der Waals surface area (Å²) in [7, 11) is 1.62. The van der Waals surface area contributed by atoms with E-state index in [9.17, 15) is 4.79 Å². The Morgan fingerprint density at radius 1 is 1.50 bits per heavy atom. The number of hydrogen-bond acceptors (Lipinski definition) is 4. The zero-order chi connectivity index (χ0) is 14.4. The van der Waals surface area contributed by atoms with Gasteiger partial charge in [0.15, 0.2) is 0 Å². The molecule has 20 heavy (non-hydrogen) atoms. The molecule has 1 aliphatic heterocycles. The second kappa shape index (κ2) is 6.84. The zero-order valence-electron chi connectivity index (χ0n) is 11.8. The molecule has 0 saturated heterocycles. The lowest BCUT2D eigenvalue weighted by Crippen LogP contribution is -2.23. The van der Waals surface area contributed by atoms with Gasteiger partial charge in [-0.25, -0.2) is 0 Å². The normalized spacial score (nSPS) is 17.2. The number of carbonyl (C=O) groups excluding carboxylic acids is 1. The average molecular weight is 276 g/mol. The summed E-state index contributed by atoms with van der Waals surface area (Å²) in [6.07, 6.45) is 5.97. The molecule has 108 valence electrons. The fourth-order valence-corrected chi connectivity index (χ4v) is 2.09. The number of anilines is 2. The molecule has 1 aliphatic rings. The van der Waals surface area contributed by atoms with Crippen molar-refractivity contribution in [2.45, 2.75) is 25.9 Å². The van der Waals surface area contributed by atoms with E-state index in [0.717, 1.165) is 30.0 Å². The first kappa shape index (κ1) is 14.2. The summed E-state index contributed by atoms with van der Waals surface area (Å²) < 4.78 is 10.8. The summed E-state index contributed by atoms with van der Waals surface area (Å²) in [5, 5.41) is 6.07. The van der Waals surface area contributed by atoms with Crippen molar-refractivity contribution in [3.63, 3.8) is 0 Å². The molecule has 0 bridgehead atoms. The minimum atomic E-state index is -0.0955. The number of ether oxygens (including phenoxy) is 2. The van der Waals surface area contributed by atoms with Gasteiger partial charge in [-0.05, 0) is 37.1 Å². The van der Waals surface area contributed by atoms with Crippen LogP contribution in [0.1, 0.15) is 19.8 Å². The molecule has 1 unspecified atom stereocenters. The van der Waals surface area contributed by atoms with Crippen molar-refractivity contribution in [2.75, 3.05) is 24.3 Å². The number of nitrogens with one attached hydrogen (secondary N) is 2. The SMILES string of the molecule is COc1ccc(NC(C)=O)cc1NCC1CCC=CO1. The number of hydrogen-bond donors (Lipinski definition) is 2. The number of rotatable bonds is 5. The highest BCUT2D eigenvalue weighted by Crippen LogP contribution is 2.28. The maximum atomic E-state index is 11.1. The lowest BCUT2D eigenvalue weighted by atomic mass is 10.1. The van der Waals surface area contributed by atoms with Gasteiger partial charge >= 0.3 is 0 Å². The average Bonchev–Trinajstić information content (AvgIpc) is 2.46. The topological polar surface area (TPSA) is 59.6 Å². The van der Waals surface area contributed by atoms with E-state index >= 15 is 0 Å². The predicted octanol–water partition coefficient (Wildman–Crippen LogP) is 2.76. The lowest BCUT2D eigenvalue weighted by Gasteiger charge is -2.21. The van der Waals surface area contributed by atoms with Gasteiger partial charge in [0.1, 0.15) is 11.9 Å². The second-order valence-corrected chi connectivity index (χ2v) is 4.68. The fourth-order valence-electron chi connectivity index (χ4n) is 2.09. The first-order chi connectivity index (χ1) is 9.69. The summed E-state index contributed by atoms with van der Waals surface area (Å²) in [6.45, 7) is 2.18. The van der Waals surface area contributed by atoms with Crippen LogP contribution in [0, 0.1) is 0 Å². The van der Waals surface area contributed by atoms with Gasteiger partial charge in [-0.3, -0.25) is 4.79 Å². The van der Waals surface area contributed by atoms with Gasteiger partial charge < -0.3 is 20.1 Å².